The van der Waals surface area contributed by atoms with Crippen LogP contribution in [0.15, 0.2) is 95.8 Å². The van der Waals surface area contributed by atoms with Crippen molar-refractivity contribution in [1.82, 2.24) is 5.43 Å². The minimum atomic E-state index is -2.12. The molecule has 0 fully saturated rings. The van der Waals surface area contributed by atoms with Gasteiger partial charge in [0.25, 0.3) is 17.6 Å². The summed E-state index contributed by atoms with van der Waals surface area (Å²) >= 11 is 0. The Kier molecular flexibility index (Phi) is 14.9. The van der Waals surface area contributed by atoms with Gasteiger partial charge in [0, 0.05) is 66.7 Å². The number of hydrazone groups is 1. The highest BCUT2D eigenvalue weighted by atomic mass is 16.7. The van der Waals surface area contributed by atoms with E-state index in [1.54, 1.807) is 58.0 Å². The zero-order valence-corrected chi connectivity index (χ0v) is 38.7. The van der Waals surface area contributed by atoms with Gasteiger partial charge in [0.2, 0.25) is 0 Å². The number of aliphatic hydroxyl groups excluding tert-OH is 2. The Hall–Kier alpha value is -7.01. The van der Waals surface area contributed by atoms with E-state index in [1.807, 2.05) is 30.3 Å². The van der Waals surface area contributed by atoms with Crippen LogP contribution in [0.5, 0.6) is 23.0 Å². The molecule has 3 aliphatic rings. The maximum atomic E-state index is 14.5. The highest BCUT2D eigenvalue weighted by Gasteiger charge is 2.50. The number of rotatable bonds is 6. The fraction of sp³-hybridized carbons (Fsp3) is 0.353. The Balaban J connectivity index is 1.47. The number of esters is 1. The van der Waals surface area contributed by atoms with E-state index in [-0.39, 0.29) is 39.0 Å². The molecule has 16 nitrogen and oxygen atoms in total. The third-order valence-corrected chi connectivity index (χ3v) is 12.6. The van der Waals surface area contributed by atoms with Gasteiger partial charge in [-0.25, -0.2) is 5.43 Å². The number of phenolic OH excluding ortho intramolecular Hbond substituents is 3. The van der Waals surface area contributed by atoms with E-state index in [1.165, 1.54) is 53.0 Å². The molecule has 2 amide bonds. The van der Waals surface area contributed by atoms with Gasteiger partial charge >= 0.3 is 11.8 Å². The van der Waals surface area contributed by atoms with Crippen molar-refractivity contribution >= 4 is 46.2 Å². The van der Waals surface area contributed by atoms with Crippen LogP contribution in [0.1, 0.15) is 80.3 Å². The number of carbonyl (C=O) groups is 4. The highest BCUT2D eigenvalue weighted by molar-refractivity contribution is 6.24. The van der Waals surface area contributed by atoms with Crippen LogP contribution in [-0.2, 0) is 23.8 Å². The molecule has 0 aromatic heterocycles. The molecule has 9 atom stereocenters. The summed E-state index contributed by atoms with van der Waals surface area (Å²) in [4.78, 5) is 54.0. The summed E-state index contributed by atoms with van der Waals surface area (Å²) in [5, 5.41) is 64.6. The first-order valence-electron chi connectivity index (χ1n) is 21.8. The van der Waals surface area contributed by atoms with Crippen LogP contribution in [0, 0.1) is 30.6 Å². The molecule has 3 heterocycles. The maximum absolute atomic E-state index is 14.5. The van der Waals surface area contributed by atoms with Crippen molar-refractivity contribution in [1.29, 1.82) is 0 Å². The molecule has 0 aliphatic carbocycles. The summed E-state index contributed by atoms with van der Waals surface area (Å²) in [5.41, 5.74) is 3.47. The number of aliphatic hydroxyl groups is 2. The molecule has 67 heavy (non-hydrogen) atoms. The van der Waals surface area contributed by atoms with Crippen molar-refractivity contribution in [3.63, 3.8) is 0 Å². The monoisotopic (exact) mass is 919 g/mol. The first-order valence-corrected chi connectivity index (χ1v) is 21.8. The van der Waals surface area contributed by atoms with Gasteiger partial charge in [0.05, 0.1) is 53.0 Å². The first-order chi connectivity index (χ1) is 31.7. The zero-order valence-electron chi connectivity index (χ0n) is 38.7. The number of phenols is 3. The number of carbonyl (C=O) groups excluding carboxylic acids is 4. The molecular formula is C51H57N3O13. The Morgan fingerprint density at radius 1 is 0.851 bits per heavy atom. The van der Waals surface area contributed by atoms with Crippen molar-refractivity contribution in [2.75, 3.05) is 12.4 Å². The predicted molar refractivity (Wildman–Crippen MR) is 251 cm³/mol. The smallest absolute Gasteiger partial charge is 0.312 e. The molecule has 0 saturated carbocycles. The minimum Gasteiger partial charge on any atom is -0.507 e. The molecule has 5 bridgehead atoms. The number of Topliss-reactive ketones (excluding diaryl/α,β-unsaturated/α-hetero) is 1. The lowest BCUT2D eigenvalue weighted by Gasteiger charge is -2.38. The Morgan fingerprint density at radius 3 is 2.15 bits per heavy atom. The summed E-state index contributed by atoms with van der Waals surface area (Å²) in [6.07, 6.45) is 4.18. The van der Waals surface area contributed by atoms with Crippen LogP contribution in [-0.4, -0.2) is 92.6 Å². The van der Waals surface area contributed by atoms with Gasteiger partial charge < -0.3 is 49.8 Å². The van der Waals surface area contributed by atoms with Crippen LogP contribution >= 0.6 is 0 Å². The highest BCUT2D eigenvalue weighted by Crippen LogP contribution is 2.55. The van der Waals surface area contributed by atoms with Gasteiger partial charge in [-0.05, 0) is 43.2 Å². The standard InChI is InChI=1S/C51H57N3O13/c1-25-14-13-15-26(2)49(62)53-40-35(24-52-54-50(63)34-20-18-33(19-21-34)32-16-11-10-12-17-32)44(59)37-38(45(40)60)43(58)30(6)47-39(37)48(61)51(8,67-47)65-23-22-36(64-9)27(3)46(66-31(7)55)29(5)42(57)28(4)41(25)56/h10-25,27-29,36,41-42,46,56-60H,1-9H3,(H,53,62)(H,54,63)/b14-13+,23-22+,26-15+,52-24+. The molecule has 7 rings (SSSR count). The first kappa shape index (κ1) is 49.4. The van der Waals surface area contributed by atoms with Gasteiger partial charge in [-0.3, -0.25) is 19.2 Å². The number of anilines is 1. The van der Waals surface area contributed by atoms with Crippen molar-refractivity contribution in [3.05, 3.63) is 113 Å². The Bertz CT molecular complexity index is 2680. The second kappa shape index (κ2) is 20.2. The molecule has 0 saturated heterocycles. The average molecular weight is 920 g/mol. The van der Waals surface area contributed by atoms with Gasteiger partial charge in [0.15, 0.2) is 5.75 Å². The second-order valence-corrected chi connectivity index (χ2v) is 17.3. The fourth-order valence-electron chi connectivity index (χ4n) is 8.54. The molecular weight excluding hydrogens is 863 g/mol. The molecule has 7 N–H and O–H groups in total. The third-order valence-electron chi connectivity index (χ3n) is 12.6. The quantitative estimate of drug-likeness (QED) is 0.0334. The zero-order chi connectivity index (χ0) is 49.1. The number of hydrogen-bond acceptors (Lipinski definition) is 14. The topological polar surface area (TPSA) is 243 Å². The SMILES string of the molecule is COC1/C=C/OC2(C)Oc3c(C)c(O)c4c(O)c(c(/C=N/NC(=O)c5ccc(-c6ccccc6)cc5)c(O)c4c3C2=O)NC(=O)/C(C)=C/C=C/C(C)C(O)C(C)C(O)C(C)C(OC(C)=O)C1C. The van der Waals surface area contributed by atoms with Crippen molar-refractivity contribution < 1.29 is 63.7 Å². The van der Waals surface area contributed by atoms with E-state index in [0.717, 1.165) is 23.6 Å². The number of hydrogen-bond donors (Lipinski definition) is 7. The second-order valence-electron chi connectivity index (χ2n) is 17.3. The summed E-state index contributed by atoms with van der Waals surface area (Å²) in [5.74, 6) is -9.86. The number of ketones is 1. The predicted octanol–water partition coefficient (Wildman–Crippen LogP) is 7.19. The number of nitrogens with zero attached hydrogens (tertiary/aromatic N) is 1. The number of amides is 2. The normalized spacial score (nSPS) is 27.7. The average Bonchev–Trinajstić information content (AvgIpc) is 3.58. The molecule has 0 radical (unpaired) electrons. The van der Waals surface area contributed by atoms with Gasteiger partial charge in [-0.1, -0.05) is 88.4 Å². The van der Waals surface area contributed by atoms with E-state index in [0.29, 0.717) is 0 Å². The number of aromatic hydroxyl groups is 3. The van der Waals surface area contributed by atoms with E-state index >= 15 is 0 Å². The third kappa shape index (κ3) is 9.92. The van der Waals surface area contributed by atoms with Crippen molar-refractivity contribution in [2.45, 2.75) is 85.6 Å². The van der Waals surface area contributed by atoms with Crippen molar-refractivity contribution in [2.24, 2.45) is 28.8 Å². The largest absolute Gasteiger partial charge is 0.507 e. The van der Waals surface area contributed by atoms with E-state index < -0.39 is 106 Å². The van der Waals surface area contributed by atoms with Gasteiger partial charge in [0.1, 0.15) is 23.4 Å². The molecule has 16 heteroatoms. The summed E-state index contributed by atoms with van der Waals surface area (Å²) in [6.45, 7) is 12.3. The van der Waals surface area contributed by atoms with Crippen LogP contribution in [0.2, 0.25) is 0 Å². The van der Waals surface area contributed by atoms with Gasteiger partial charge in [-0.15, -0.1) is 0 Å². The Morgan fingerprint density at radius 2 is 1.51 bits per heavy atom. The van der Waals surface area contributed by atoms with E-state index in [2.05, 4.69) is 15.8 Å². The number of allylic oxidation sites excluding steroid dienone is 2. The van der Waals surface area contributed by atoms with Crippen LogP contribution in [0.3, 0.4) is 0 Å². The minimum absolute atomic E-state index is 0.0106. The fourth-order valence-corrected chi connectivity index (χ4v) is 8.54. The summed E-state index contributed by atoms with van der Waals surface area (Å²) in [7, 11) is 1.41. The molecule has 9 unspecified atom stereocenters. The number of fused-ring (bicyclic) bond motifs is 14. The van der Waals surface area contributed by atoms with E-state index in [4.69, 9.17) is 18.9 Å². The summed E-state index contributed by atoms with van der Waals surface area (Å²) < 4.78 is 23.6. The van der Waals surface area contributed by atoms with Crippen LogP contribution in [0.25, 0.3) is 21.9 Å². The number of nitrogens with one attached hydrogen (secondary N) is 2. The lowest BCUT2D eigenvalue weighted by molar-refractivity contribution is -0.160. The number of methoxy groups -OCH3 is 1. The molecule has 3 aliphatic heterocycles. The van der Waals surface area contributed by atoms with Crippen molar-refractivity contribution in [3.8, 4) is 34.1 Å². The lowest BCUT2D eigenvalue weighted by Crippen LogP contribution is -2.46. The molecule has 354 valence electrons. The lowest BCUT2D eigenvalue weighted by atomic mass is 9.78. The maximum Gasteiger partial charge on any atom is 0.312 e. The molecule has 0 spiro atoms. The van der Waals surface area contributed by atoms with Gasteiger partial charge in [-0.2, -0.15) is 5.10 Å². The van der Waals surface area contributed by atoms with Crippen LogP contribution < -0.4 is 15.5 Å². The molecule has 4 aromatic carbocycles. The number of ether oxygens (including phenoxy) is 4. The van der Waals surface area contributed by atoms with Crippen LogP contribution in [0.4, 0.5) is 5.69 Å². The van der Waals surface area contributed by atoms with E-state index in [9.17, 15) is 44.7 Å². The Labute approximate surface area is 388 Å². The number of benzene rings is 4. The molecule has 4 aromatic rings. The summed E-state index contributed by atoms with van der Waals surface area (Å²) in [6, 6.07) is 16.3.